The van der Waals surface area contributed by atoms with Crippen molar-refractivity contribution in [3.63, 3.8) is 0 Å². The van der Waals surface area contributed by atoms with Crippen molar-refractivity contribution < 1.29 is 15.3 Å². The molecule has 0 aliphatic rings. The highest BCUT2D eigenvalue weighted by Gasteiger charge is 2.14. The average Bonchev–Trinajstić information content (AvgIpc) is 1.87. The van der Waals surface area contributed by atoms with Gasteiger partial charge in [-0.3, -0.25) is 0 Å². The van der Waals surface area contributed by atoms with Crippen LogP contribution in [0.3, 0.4) is 0 Å². The molecule has 3 N–H and O–H groups in total. The van der Waals surface area contributed by atoms with Crippen LogP contribution in [0.2, 0.25) is 0 Å². The largest absolute Gasteiger partial charge is 0.392 e. The molecule has 0 unspecified atom stereocenters. The van der Waals surface area contributed by atoms with Gasteiger partial charge >= 0.3 is 0 Å². The molecule has 10 heavy (non-hydrogen) atoms. The van der Waals surface area contributed by atoms with Crippen molar-refractivity contribution in [2.24, 2.45) is 0 Å². The molecule has 0 bridgehead atoms. The summed E-state index contributed by atoms with van der Waals surface area (Å²) in [4.78, 5) is 0. The zero-order valence-corrected chi connectivity index (χ0v) is 6.62. The van der Waals surface area contributed by atoms with Gasteiger partial charge in [-0.25, -0.2) is 0 Å². The SMILES string of the molecule is C[C@H](O)[C@H](O)C[C@@H](O)CCl. The molecule has 0 aliphatic heterocycles. The van der Waals surface area contributed by atoms with Gasteiger partial charge in [0.2, 0.25) is 0 Å². The third kappa shape index (κ3) is 4.06. The Labute approximate surface area is 65.2 Å². The highest BCUT2D eigenvalue weighted by molar-refractivity contribution is 6.18. The van der Waals surface area contributed by atoms with Gasteiger partial charge in [-0.2, -0.15) is 0 Å². The zero-order chi connectivity index (χ0) is 8.15. The van der Waals surface area contributed by atoms with E-state index in [0.717, 1.165) is 0 Å². The maximum absolute atomic E-state index is 8.96. The second kappa shape index (κ2) is 4.91. The second-order valence-corrected chi connectivity index (χ2v) is 2.66. The van der Waals surface area contributed by atoms with E-state index in [1.165, 1.54) is 6.92 Å². The lowest BCUT2D eigenvalue weighted by atomic mass is 10.1. The van der Waals surface area contributed by atoms with Gasteiger partial charge in [-0.1, -0.05) is 0 Å². The quantitative estimate of drug-likeness (QED) is 0.506. The van der Waals surface area contributed by atoms with Gasteiger partial charge in [0.25, 0.3) is 0 Å². The highest BCUT2D eigenvalue weighted by atomic mass is 35.5. The van der Waals surface area contributed by atoms with E-state index in [9.17, 15) is 0 Å². The Balaban J connectivity index is 3.46. The van der Waals surface area contributed by atoms with Crippen LogP contribution in [0.25, 0.3) is 0 Å². The Morgan fingerprint density at radius 2 is 1.80 bits per heavy atom. The van der Waals surface area contributed by atoms with E-state index in [2.05, 4.69) is 0 Å². The molecule has 0 spiro atoms. The molecule has 0 saturated carbocycles. The first kappa shape index (κ1) is 10.2. The topological polar surface area (TPSA) is 60.7 Å². The lowest BCUT2D eigenvalue weighted by Crippen LogP contribution is -2.28. The van der Waals surface area contributed by atoms with Crippen molar-refractivity contribution in [1.29, 1.82) is 0 Å². The number of aliphatic hydroxyl groups excluding tert-OH is 3. The third-order valence-electron chi connectivity index (χ3n) is 1.25. The number of halogens is 1. The van der Waals surface area contributed by atoms with Crippen molar-refractivity contribution >= 4 is 11.6 Å². The van der Waals surface area contributed by atoms with E-state index in [1.807, 2.05) is 0 Å². The van der Waals surface area contributed by atoms with Gasteiger partial charge < -0.3 is 15.3 Å². The van der Waals surface area contributed by atoms with Crippen molar-refractivity contribution in [2.75, 3.05) is 5.88 Å². The van der Waals surface area contributed by atoms with Gasteiger partial charge in [0.05, 0.1) is 18.3 Å². The molecule has 0 fully saturated rings. The fraction of sp³-hybridized carbons (Fsp3) is 1.00. The Hall–Kier alpha value is 0.170. The first-order valence-corrected chi connectivity index (χ1v) is 3.71. The van der Waals surface area contributed by atoms with Gasteiger partial charge in [0, 0.05) is 12.3 Å². The van der Waals surface area contributed by atoms with E-state index >= 15 is 0 Å². The van der Waals surface area contributed by atoms with Crippen molar-refractivity contribution in [1.82, 2.24) is 0 Å². The molecule has 0 heterocycles. The summed E-state index contributed by atoms with van der Waals surface area (Å²) >= 11 is 5.26. The molecule has 62 valence electrons. The fourth-order valence-electron chi connectivity index (χ4n) is 0.539. The van der Waals surface area contributed by atoms with Gasteiger partial charge in [-0.05, 0) is 6.92 Å². The number of rotatable bonds is 4. The molecule has 3 atom stereocenters. The van der Waals surface area contributed by atoms with Crippen molar-refractivity contribution in [3.05, 3.63) is 0 Å². The number of aliphatic hydroxyl groups is 3. The molecule has 0 aromatic rings. The van der Waals surface area contributed by atoms with Crippen molar-refractivity contribution in [3.8, 4) is 0 Å². The summed E-state index contributed by atoms with van der Waals surface area (Å²) in [5.41, 5.74) is 0. The minimum absolute atomic E-state index is 0.0871. The van der Waals surface area contributed by atoms with Crippen LogP contribution in [0.5, 0.6) is 0 Å². The van der Waals surface area contributed by atoms with Gasteiger partial charge in [0.15, 0.2) is 0 Å². The third-order valence-corrected chi connectivity index (χ3v) is 1.60. The van der Waals surface area contributed by atoms with Crippen LogP contribution in [-0.4, -0.2) is 39.5 Å². The molecule has 0 aliphatic carbocycles. The average molecular weight is 169 g/mol. The Morgan fingerprint density at radius 3 is 2.10 bits per heavy atom. The molecule has 0 rings (SSSR count). The first-order chi connectivity index (χ1) is 4.57. The number of alkyl halides is 1. The molecular formula is C6H13ClO3. The maximum Gasteiger partial charge on any atom is 0.0821 e. The summed E-state index contributed by atoms with van der Waals surface area (Å²) in [6.45, 7) is 1.46. The Kier molecular flexibility index (Phi) is 4.99. The molecule has 0 amide bonds. The standard InChI is InChI=1S/C6H13ClO3/c1-4(8)6(10)2-5(9)3-7/h4-6,8-10H,2-3H2,1H3/t4-,5+,6+/m0/s1. The minimum atomic E-state index is -0.881. The summed E-state index contributed by atoms with van der Waals surface area (Å²) in [5, 5.41) is 26.6. The normalized spacial score (nSPS) is 20.1. The smallest absolute Gasteiger partial charge is 0.0821 e. The van der Waals surface area contributed by atoms with Gasteiger partial charge in [0.1, 0.15) is 0 Å². The van der Waals surface area contributed by atoms with Crippen LogP contribution < -0.4 is 0 Å². The van der Waals surface area contributed by atoms with Crippen LogP contribution in [-0.2, 0) is 0 Å². The molecule has 3 nitrogen and oxygen atoms in total. The molecular weight excluding hydrogens is 156 g/mol. The van der Waals surface area contributed by atoms with E-state index in [4.69, 9.17) is 26.9 Å². The van der Waals surface area contributed by atoms with Crippen LogP contribution in [0, 0.1) is 0 Å². The maximum atomic E-state index is 8.96. The summed E-state index contributed by atoms with van der Waals surface area (Å²) in [7, 11) is 0. The highest BCUT2D eigenvalue weighted by Crippen LogP contribution is 2.03. The number of hydrogen-bond acceptors (Lipinski definition) is 3. The van der Waals surface area contributed by atoms with Crippen LogP contribution in [0.15, 0.2) is 0 Å². The summed E-state index contributed by atoms with van der Waals surface area (Å²) in [6.07, 6.45) is -2.29. The van der Waals surface area contributed by atoms with Crippen molar-refractivity contribution in [2.45, 2.75) is 31.7 Å². The Bertz CT molecular complexity index is 87.1. The molecule has 0 aromatic heterocycles. The predicted octanol–water partition coefficient (Wildman–Crippen LogP) is -0.282. The first-order valence-electron chi connectivity index (χ1n) is 3.18. The number of hydrogen-bond donors (Lipinski definition) is 3. The van der Waals surface area contributed by atoms with Crippen LogP contribution >= 0.6 is 11.6 Å². The Morgan fingerprint density at radius 1 is 1.30 bits per heavy atom. The molecule has 0 saturated heterocycles. The fourth-order valence-corrected chi connectivity index (χ4v) is 0.665. The lowest BCUT2D eigenvalue weighted by molar-refractivity contribution is 0.00148. The van der Waals surface area contributed by atoms with E-state index in [-0.39, 0.29) is 12.3 Å². The zero-order valence-electron chi connectivity index (χ0n) is 5.87. The predicted molar refractivity (Wildman–Crippen MR) is 39.0 cm³/mol. The van der Waals surface area contributed by atoms with Crippen LogP contribution in [0.4, 0.5) is 0 Å². The van der Waals surface area contributed by atoms with Gasteiger partial charge in [-0.15, -0.1) is 11.6 Å². The molecule has 0 aromatic carbocycles. The molecule has 4 heteroatoms. The van der Waals surface area contributed by atoms with Crippen LogP contribution in [0.1, 0.15) is 13.3 Å². The second-order valence-electron chi connectivity index (χ2n) is 2.35. The van der Waals surface area contributed by atoms with E-state index in [1.54, 1.807) is 0 Å². The summed E-state index contributed by atoms with van der Waals surface area (Å²) < 4.78 is 0. The van der Waals surface area contributed by atoms with E-state index in [0.29, 0.717) is 0 Å². The minimum Gasteiger partial charge on any atom is -0.392 e. The summed E-state index contributed by atoms with van der Waals surface area (Å²) in [6, 6.07) is 0. The monoisotopic (exact) mass is 168 g/mol. The summed E-state index contributed by atoms with van der Waals surface area (Å²) in [5.74, 6) is 0.0871. The lowest BCUT2D eigenvalue weighted by Gasteiger charge is -2.15. The molecule has 0 radical (unpaired) electrons. The van der Waals surface area contributed by atoms with E-state index < -0.39 is 18.3 Å².